The van der Waals surface area contributed by atoms with Gasteiger partial charge in [-0.05, 0) is 18.1 Å². The van der Waals surface area contributed by atoms with Crippen molar-refractivity contribution in [3.05, 3.63) is 88.7 Å². The highest BCUT2D eigenvalue weighted by Crippen LogP contribution is 2.14. The minimum absolute atomic E-state index is 0.0243. The number of carbonyl (C=O) groups excluding carboxylic acids is 1. The van der Waals surface area contributed by atoms with Crippen LogP contribution in [-0.2, 0) is 17.8 Å². The summed E-state index contributed by atoms with van der Waals surface area (Å²) in [6.45, 7) is 4.03. The van der Waals surface area contributed by atoms with Gasteiger partial charge in [0.15, 0.2) is 0 Å². The lowest BCUT2D eigenvalue weighted by molar-refractivity contribution is -0.133. The number of hydrogen-bond acceptors (Lipinski definition) is 4. The van der Waals surface area contributed by atoms with E-state index in [4.69, 9.17) is 0 Å². The van der Waals surface area contributed by atoms with Crippen molar-refractivity contribution < 1.29 is 4.79 Å². The number of rotatable bonds is 6. The zero-order valence-corrected chi connectivity index (χ0v) is 17.0. The summed E-state index contributed by atoms with van der Waals surface area (Å²) in [5.41, 5.74) is 2.68. The first-order valence-corrected chi connectivity index (χ1v) is 10.4. The van der Waals surface area contributed by atoms with E-state index in [1.54, 1.807) is 6.07 Å². The highest BCUT2D eigenvalue weighted by molar-refractivity contribution is 5.76. The van der Waals surface area contributed by atoms with Crippen LogP contribution in [0.2, 0.25) is 0 Å². The summed E-state index contributed by atoms with van der Waals surface area (Å²) in [5.74, 6) is -0.0579. The predicted octanol–water partition coefficient (Wildman–Crippen LogP) is 2.30. The van der Waals surface area contributed by atoms with Gasteiger partial charge in [-0.15, -0.1) is 0 Å². The van der Waals surface area contributed by atoms with E-state index in [-0.39, 0.29) is 18.0 Å². The van der Waals surface area contributed by atoms with Crippen LogP contribution in [0.3, 0.4) is 0 Å². The number of carbonyl (C=O) groups is 1. The second kappa shape index (κ2) is 9.50. The second-order valence-electron chi connectivity index (χ2n) is 7.54. The maximum Gasteiger partial charge on any atom is 0.267 e. The fourth-order valence-corrected chi connectivity index (χ4v) is 3.71. The van der Waals surface area contributed by atoms with E-state index in [1.165, 1.54) is 16.3 Å². The van der Waals surface area contributed by atoms with Gasteiger partial charge in [-0.1, -0.05) is 60.7 Å². The molecule has 1 aromatic heterocycles. The molecule has 0 aliphatic carbocycles. The van der Waals surface area contributed by atoms with Crippen LogP contribution < -0.4 is 5.56 Å². The molecule has 1 amide bonds. The standard InChI is InChI=1S/C24H26N4O2/c29-23-12-11-22(21-9-5-2-6-10-21)25-28(23)19-24(30)27-17-15-26(16-18-27)14-13-20-7-3-1-4-8-20/h1-12H,13-19H2. The first-order valence-electron chi connectivity index (χ1n) is 10.4. The number of amides is 1. The van der Waals surface area contributed by atoms with Gasteiger partial charge in [0.25, 0.3) is 5.56 Å². The molecule has 3 aromatic rings. The Morgan fingerprint density at radius 2 is 1.50 bits per heavy atom. The number of nitrogens with zero attached hydrogens (tertiary/aromatic N) is 4. The van der Waals surface area contributed by atoms with E-state index in [0.717, 1.165) is 31.6 Å². The highest BCUT2D eigenvalue weighted by Gasteiger charge is 2.21. The molecule has 0 spiro atoms. The maximum atomic E-state index is 12.8. The Balaban J connectivity index is 1.32. The quantitative estimate of drug-likeness (QED) is 0.635. The van der Waals surface area contributed by atoms with Crippen LogP contribution in [0, 0.1) is 0 Å². The third-order valence-electron chi connectivity index (χ3n) is 5.51. The van der Waals surface area contributed by atoms with Crippen molar-refractivity contribution in [3.63, 3.8) is 0 Å². The molecule has 1 fully saturated rings. The molecular weight excluding hydrogens is 376 g/mol. The summed E-state index contributed by atoms with van der Waals surface area (Å²) < 4.78 is 1.27. The molecule has 0 saturated carbocycles. The lowest BCUT2D eigenvalue weighted by atomic mass is 10.1. The van der Waals surface area contributed by atoms with Crippen molar-refractivity contribution in [2.75, 3.05) is 32.7 Å². The average molecular weight is 402 g/mol. The molecule has 2 aromatic carbocycles. The van der Waals surface area contributed by atoms with Gasteiger partial charge in [-0.2, -0.15) is 5.10 Å². The van der Waals surface area contributed by atoms with Gasteiger partial charge in [0.2, 0.25) is 5.91 Å². The van der Waals surface area contributed by atoms with E-state index >= 15 is 0 Å². The van der Waals surface area contributed by atoms with Gasteiger partial charge in [-0.3, -0.25) is 14.5 Å². The molecule has 0 unspecified atom stereocenters. The number of hydrogen-bond donors (Lipinski definition) is 0. The Morgan fingerprint density at radius 1 is 0.833 bits per heavy atom. The van der Waals surface area contributed by atoms with E-state index in [1.807, 2.05) is 41.3 Å². The molecule has 6 nitrogen and oxygen atoms in total. The van der Waals surface area contributed by atoms with Crippen molar-refractivity contribution in [2.45, 2.75) is 13.0 Å². The molecular formula is C24H26N4O2. The third-order valence-corrected chi connectivity index (χ3v) is 5.51. The number of aromatic nitrogens is 2. The Hall–Kier alpha value is -3.25. The van der Waals surface area contributed by atoms with Crippen LogP contribution >= 0.6 is 0 Å². The Kier molecular flexibility index (Phi) is 6.35. The zero-order valence-electron chi connectivity index (χ0n) is 17.0. The highest BCUT2D eigenvalue weighted by atomic mass is 16.2. The molecule has 0 radical (unpaired) electrons. The van der Waals surface area contributed by atoms with Crippen LogP contribution in [0.15, 0.2) is 77.6 Å². The van der Waals surface area contributed by atoms with Crippen molar-refractivity contribution in [3.8, 4) is 11.3 Å². The van der Waals surface area contributed by atoms with Gasteiger partial charge >= 0.3 is 0 Å². The first kappa shape index (κ1) is 20.0. The lowest BCUT2D eigenvalue weighted by Gasteiger charge is -2.34. The zero-order chi connectivity index (χ0) is 20.8. The van der Waals surface area contributed by atoms with E-state index in [0.29, 0.717) is 18.8 Å². The van der Waals surface area contributed by atoms with E-state index in [9.17, 15) is 9.59 Å². The fraction of sp³-hybridized carbons (Fsp3) is 0.292. The molecule has 0 bridgehead atoms. The molecule has 1 aliphatic heterocycles. The monoisotopic (exact) mass is 402 g/mol. The first-order chi connectivity index (χ1) is 14.7. The molecule has 1 saturated heterocycles. The van der Waals surface area contributed by atoms with Crippen molar-refractivity contribution >= 4 is 5.91 Å². The van der Waals surface area contributed by atoms with Gasteiger partial charge in [0.1, 0.15) is 6.54 Å². The smallest absolute Gasteiger partial charge is 0.267 e. The Labute approximate surface area is 176 Å². The number of piperazine rings is 1. The summed E-state index contributed by atoms with van der Waals surface area (Å²) in [7, 11) is 0. The van der Waals surface area contributed by atoms with Crippen molar-refractivity contribution in [2.24, 2.45) is 0 Å². The van der Waals surface area contributed by atoms with Crippen LogP contribution in [0.1, 0.15) is 5.56 Å². The lowest BCUT2D eigenvalue weighted by Crippen LogP contribution is -2.50. The molecule has 6 heteroatoms. The number of benzene rings is 2. The van der Waals surface area contributed by atoms with Crippen LogP contribution in [0.4, 0.5) is 0 Å². The summed E-state index contributed by atoms with van der Waals surface area (Å²) in [4.78, 5) is 29.2. The fourth-order valence-electron chi connectivity index (χ4n) is 3.71. The normalized spacial score (nSPS) is 14.6. The van der Waals surface area contributed by atoms with Gasteiger partial charge in [0, 0.05) is 44.4 Å². The Morgan fingerprint density at radius 3 is 2.20 bits per heavy atom. The van der Waals surface area contributed by atoms with Crippen LogP contribution in [0.5, 0.6) is 0 Å². The third kappa shape index (κ3) is 5.02. The topological polar surface area (TPSA) is 58.4 Å². The maximum absolute atomic E-state index is 12.8. The minimum Gasteiger partial charge on any atom is -0.339 e. The van der Waals surface area contributed by atoms with E-state index in [2.05, 4.69) is 34.3 Å². The van der Waals surface area contributed by atoms with Crippen molar-refractivity contribution in [1.29, 1.82) is 0 Å². The summed E-state index contributed by atoms with van der Waals surface area (Å²) in [6.07, 6.45) is 1.01. The molecule has 2 heterocycles. The van der Waals surface area contributed by atoms with Crippen molar-refractivity contribution in [1.82, 2.24) is 19.6 Å². The Bertz CT molecular complexity index is 1030. The second-order valence-corrected chi connectivity index (χ2v) is 7.54. The summed E-state index contributed by atoms with van der Waals surface area (Å²) in [6, 6.07) is 23.3. The van der Waals surface area contributed by atoms with Crippen LogP contribution in [0.25, 0.3) is 11.3 Å². The summed E-state index contributed by atoms with van der Waals surface area (Å²) >= 11 is 0. The average Bonchev–Trinajstić information content (AvgIpc) is 2.81. The minimum atomic E-state index is -0.260. The summed E-state index contributed by atoms with van der Waals surface area (Å²) in [5, 5.41) is 4.40. The van der Waals surface area contributed by atoms with Gasteiger partial charge in [0.05, 0.1) is 5.69 Å². The largest absolute Gasteiger partial charge is 0.339 e. The molecule has 0 N–H and O–H groups in total. The molecule has 0 atom stereocenters. The molecule has 30 heavy (non-hydrogen) atoms. The molecule has 4 rings (SSSR count). The van der Waals surface area contributed by atoms with Crippen LogP contribution in [-0.4, -0.2) is 58.2 Å². The SMILES string of the molecule is O=C(Cn1nc(-c2ccccc2)ccc1=O)N1CCN(CCc2ccccc2)CC1. The van der Waals surface area contributed by atoms with Gasteiger partial charge in [-0.25, -0.2) is 4.68 Å². The van der Waals surface area contributed by atoms with Gasteiger partial charge < -0.3 is 4.90 Å². The molecule has 154 valence electrons. The van der Waals surface area contributed by atoms with E-state index < -0.39 is 0 Å². The molecule has 1 aliphatic rings. The predicted molar refractivity (Wildman–Crippen MR) is 117 cm³/mol.